The highest BCUT2D eigenvalue weighted by molar-refractivity contribution is 6.30. The molecule has 0 nitrogen and oxygen atoms in total. The van der Waals surface area contributed by atoms with E-state index in [0.29, 0.717) is 11.8 Å². The summed E-state index contributed by atoms with van der Waals surface area (Å²) in [6.45, 7) is 15.8. The quantitative estimate of drug-likeness (QED) is 0.616. The number of rotatable bonds is 2. The molecule has 96 valence electrons. The molecule has 0 saturated carbocycles. The van der Waals surface area contributed by atoms with E-state index in [0.717, 1.165) is 5.02 Å². The SMILES string of the molecule is CC(C)c1cc(Cl)cc(C(C)C)c1C(C)(C)C. The molecule has 1 aromatic carbocycles. The maximum atomic E-state index is 6.26. The third-order valence-corrected chi connectivity index (χ3v) is 3.38. The number of hydrogen-bond donors (Lipinski definition) is 0. The normalized spacial score (nSPS) is 12.6. The Morgan fingerprint density at radius 3 is 1.47 bits per heavy atom. The standard InChI is InChI=1S/C16H25Cl/c1-10(2)13-8-12(17)9-14(11(3)4)15(13)16(5,6)7/h8-11H,1-7H3. The Bertz CT molecular complexity index is 365. The average molecular weight is 253 g/mol. The minimum atomic E-state index is 0.170. The molecule has 0 aliphatic rings. The monoisotopic (exact) mass is 252 g/mol. The predicted octanol–water partition coefficient (Wildman–Crippen LogP) is 5.88. The van der Waals surface area contributed by atoms with Crippen LogP contribution in [0.2, 0.25) is 5.02 Å². The number of hydrogen-bond acceptors (Lipinski definition) is 0. The van der Waals surface area contributed by atoms with Crippen molar-refractivity contribution in [3.63, 3.8) is 0 Å². The highest BCUT2D eigenvalue weighted by atomic mass is 35.5. The molecule has 0 aliphatic heterocycles. The second kappa shape index (κ2) is 5.02. The molecule has 1 aromatic rings. The van der Waals surface area contributed by atoms with Gasteiger partial charge in [0.05, 0.1) is 0 Å². The second-order valence-corrected chi connectivity index (χ2v) is 6.96. The van der Waals surface area contributed by atoms with Gasteiger partial charge in [-0.1, -0.05) is 60.1 Å². The molecular formula is C16H25Cl. The summed E-state index contributed by atoms with van der Waals surface area (Å²) < 4.78 is 0. The third kappa shape index (κ3) is 3.25. The van der Waals surface area contributed by atoms with E-state index in [1.165, 1.54) is 16.7 Å². The Labute approximate surface area is 111 Å². The molecular weight excluding hydrogens is 228 g/mol. The fourth-order valence-corrected chi connectivity index (χ4v) is 2.66. The predicted molar refractivity (Wildman–Crippen MR) is 78.3 cm³/mol. The Morgan fingerprint density at radius 2 is 1.24 bits per heavy atom. The van der Waals surface area contributed by atoms with Gasteiger partial charge in [-0.25, -0.2) is 0 Å². The van der Waals surface area contributed by atoms with Crippen molar-refractivity contribution in [1.29, 1.82) is 0 Å². The Morgan fingerprint density at radius 1 is 0.882 bits per heavy atom. The lowest BCUT2D eigenvalue weighted by atomic mass is 9.75. The largest absolute Gasteiger partial charge is 0.0843 e. The highest BCUT2D eigenvalue weighted by Gasteiger charge is 2.24. The lowest BCUT2D eigenvalue weighted by molar-refractivity contribution is 0.564. The molecule has 0 aliphatic carbocycles. The van der Waals surface area contributed by atoms with E-state index in [2.05, 4.69) is 60.6 Å². The fourth-order valence-electron chi connectivity index (χ4n) is 2.43. The molecule has 0 atom stereocenters. The van der Waals surface area contributed by atoms with E-state index >= 15 is 0 Å². The molecule has 0 fully saturated rings. The van der Waals surface area contributed by atoms with Gasteiger partial charge in [-0.2, -0.15) is 0 Å². The van der Waals surface area contributed by atoms with Crippen LogP contribution in [0.1, 0.15) is 77.0 Å². The number of benzene rings is 1. The summed E-state index contributed by atoms with van der Waals surface area (Å²) in [6, 6.07) is 4.28. The molecule has 0 unspecified atom stereocenters. The van der Waals surface area contributed by atoms with Gasteiger partial charge in [0.25, 0.3) is 0 Å². The van der Waals surface area contributed by atoms with Crippen LogP contribution >= 0.6 is 11.6 Å². The topological polar surface area (TPSA) is 0 Å². The van der Waals surface area contributed by atoms with E-state index in [4.69, 9.17) is 11.6 Å². The van der Waals surface area contributed by atoms with Crippen molar-refractivity contribution >= 4 is 11.6 Å². The van der Waals surface area contributed by atoms with Crippen LogP contribution in [0.3, 0.4) is 0 Å². The zero-order valence-corrected chi connectivity index (χ0v) is 12.9. The summed E-state index contributed by atoms with van der Waals surface area (Å²) in [5.41, 5.74) is 4.44. The van der Waals surface area contributed by atoms with Crippen LogP contribution in [-0.4, -0.2) is 0 Å². The van der Waals surface area contributed by atoms with Crippen LogP contribution in [0.5, 0.6) is 0 Å². The van der Waals surface area contributed by atoms with E-state index in [1.807, 2.05) is 0 Å². The zero-order valence-electron chi connectivity index (χ0n) is 12.2. The highest BCUT2D eigenvalue weighted by Crippen LogP contribution is 2.38. The Hall–Kier alpha value is -0.490. The summed E-state index contributed by atoms with van der Waals surface area (Å²) >= 11 is 6.26. The molecule has 0 bridgehead atoms. The van der Waals surface area contributed by atoms with Crippen molar-refractivity contribution < 1.29 is 0 Å². The molecule has 1 rings (SSSR count). The smallest absolute Gasteiger partial charge is 0.0411 e. The van der Waals surface area contributed by atoms with Gasteiger partial charge in [-0.3, -0.25) is 0 Å². The van der Waals surface area contributed by atoms with Gasteiger partial charge in [-0.15, -0.1) is 0 Å². The van der Waals surface area contributed by atoms with Crippen molar-refractivity contribution in [2.24, 2.45) is 0 Å². The van der Waals surface area contributed by atoms with Crippen LogP contribution in [0.25, 0.3) is 0 Å². The van der Waals surface area contributed by atoms with Crippen LogP contribution in [0.15, 0.2) is 12.1 Å². The van der Waals surface area contributed by atoms with Crippen LogP contribution < -0.4 is 0 Å². The van der Waals surface area contributed by atoms with Crippen molar-refractivity contribution in [1.82, 2.24) is 0 Å². The van der Waals surface area contributed by atoms with Crippen molar-refractivity contribution in [2.45, 2.75) is 65.7 Å². The first kappa shape index (κ1) is 14.6. The minimum absolute atomic E-state index is 0.170. The maximum absolute atomic E-state index is 6.26. The second-order valence-electron chi connectivity index (χ2n) is 6.52. The van der Waals surface area contributed by atoms with Gasteiger partial charge in [0.15, 0.2) is 0 Å². The first-order valence-corrected chi connectivity index (χ1v) is 6.86. The average Bonchev–Trinajstić information content (AvgIpc) is 2.14. The summed E-state index contributed by atoms with van der Waals surface area (Å²) in [4.78, 5) is 0. The van der Waals surface area contributed by atoms with Gasteiger partial charge in [-0.05, 0) is 46.1 Å². The molecule has 17 heavy (non-hydrogen) atoms. The van der Waals surface area contributed by atoms with Crippen LogP contribution in [0.4, 0.5) is 0 Å². The molecule has 0 heterocycles. The lowest BCUT2D eigenvalue weighted by Gasteiger charge is -2.30. The van der Waals surface area contributed by atoms with Crippen molar-refractivity contribution in [3.8, 4) is 0 Å². The Balaban J connectivity index is 3.60. The lowest BCUT2D eigenvalue weighted by Crippen LogP contribution is -2.18. The third-order valence-electron chi connectivity index (χ3n) is 3.16. The Kier molecular flexibility index (Phi) is 4.30. The first-order valence-electron chi connectivity index (χ1n) is 6.48. The van der Waals surface area contributed by atoms with E-state index in [-0.39, 0.29) is 5.41 Å². The van der Waals surface area contributed by atoms with E-state index < -0.39 is 0 Å². The van der Waals surface area contributed by atoms with Gasteiger partial charge in [0, 0.05) is 5.02 Å². The van der Waals surface area contributed by atoms with Crippen LogP contribution in [-0.2, 0) is 5.41 Å². The molecule has 0 aromatic heterocycles. The fraction of sp³-hybridized carbons (Fsp3) is 0.625. The van der Waals surface area contributed by atoms with Gasteiger partial charge < -0.3 is 0 Å². The molecule has 1 heteroatoms. The van der Waals surface area contributed by atoms with Crippen molar-refractivity contribution in [3.05, 3.63) is 33.8 Å². The van der Waals surface area contributed by atoms with Gasteiger partial charge >= 0.3 is 0 Å². The van der Waals surface area contributed by atoms with Gasteiger partial charge in [0.2, 0.25) is 0 Å². The maximum Gasteiger partial charge on any atom is 0.0411 e. The van der Waals surface area contributed by atoms with Crippen molar-refractivity contribution in [2.75, 3.05) is 0 Å². The summed E-state index contributed by atoms with van der Waals surface area (Å²) in [5.74, 6) is 1.03. The molecule has 0 radical (unpaired) electrons. The molecule has 0 N–H and O–H groups in total. The van der Waals surface area contributed by atoms with E-state index in [1.54, 1.807) is 0 Å². The summed E-state index contributed by atoms with van der Waals surface area (Å²) in [5, 5.41) is 0.866. The summed E-state index contributed by atoms with van der Waals surface area (Å²) in [7, 11) is 0. The van der Waals surface area contributed by atoms with Gasteiger partial charge in [0.1, 0.15) is 0 Å². The van der Waals surface area contributed by atoms with Crippen LogP contribution in [0, 0.1) is 0 Å². The summed E-state index contributed by atoms with van der Waals surface area (Å²) in [6.07, 6.45) is 0. The first-order chi connectivity index (χ1) is 7.64. The number of halogens is 1. The van der Waals surface area contributed by atoms with E-state index in [9.17, 15) is 0 Å². The minimum Gasteiger partial charge on any atom is -0.0843 e. The molecule has 0 spiro atoms. The molecule has 0 saturated heterocycles. The zero-order chi connectivity index (χ0) is 13.4. The molecule has 0 amide bonds.